The van der Waals surface area contributed by atoms with Gasteiger partial charge in [-0.15, -0.1) is 0 Å². The van der Waals surface area contributed by atoms with Gasteiger partial charge in [0.05, 0.1) is 0 Å². The van der Waals surface area contributed by atoms with Gasteiger partial charge in [0.25, 0.3) is 0 Å². The molecule has 0 aromatic heterocycles. The van der Waals surface area contributed by atoms with Crippen LogP contribution in [0.3, 0.4) is 0 Å². The minimum atomic E-state index is -4.95. The van der Waals surface area contributed by atoms with Crippen molar-refractivity contribution in [2.45, 2.75) is 30.9 Å². The Morgan fingerprint density at radius 1 is 1.07 bits per heavy atom. The Balaban J connectivity index is 2.70. The van der Waals surface area contributed by atoms with Crippen LogP contribution in [0.25, 0.3) is 0 Å². The van der Waals surface area contributed by atoms with Gasteiger partial charge in [-0.25, -0.2) is 0 Å². The van der Waals surface area contributed by atoms with E-state index >= 15 is 0 Å². The Hall–Kier alpha value is -0.540. The molecule has 84 valence electrons. The van der Waals surface area contributed by atoms with E-state index in [-0.39, 0.29) is 0 Å². The highest BCUT2D eigenvalue weighted by molar-refractivity contribution is 4.92. The SMILES string of the molecule is [O-]N1NC(C(F)(F)F)CC1C(F)(F)F. The van der Waals surface area contributed by atoms with Crippen molar-refractivity contribution in [1.29, 1.82) is 0 Å². The Bertz CT molecular complexity index is 213. The minimum Gasteiger partial charge on any atom is -0.771 e. The second-order valence-electron chi connectivity index (χ2n) is 2.84. The molecule has 0 saturated carbocycles. The lowest BCUT2D eigenvalue weighted by atomic mass is 10.1. The third kappa shape index (κ3) is 2.28. The average molecular weight is 223 g/mol. The number of halogens is 6. The van der Waals surface area contributed by atoms with E-state index in [4.69, 9.17) is 0 Å². The first-order valence-corrected chi connectivity index (χ1v) is 3.48. The van der Waals surface area contributed by atoms with Crippen molar-refractivity contribution in [3.8, 4) is 0 Å². The summed E-state index contributed by atoms with van der Waals surface area (Å²) in [6, 6.07) is -5.05. The van der Waals surface area contributed by atoms with E-state index < -0.39 is 36.0 Å². The molecule has 2 unspecified atom stereocenters. The molecular formula is C5H5F6N2O-. The van der Waals surface area contributed by atoms with Crippen LogP contribution in [0.4, 0.5) is 26.3 Å². The molecule has 1 aliphatic heterocycles. The Morgan fingerprint density at radius 3 is 1.79 bits per heavy atom. The molecule has 1 fully saturated rings. The normalized spacial score (nSPS) is 31.1. The first kappa shape index (κ1) is 11.5. The van der Waals surface area contributed by atoms with Crippen LogP contribution in [0.2, 0.25) is 0 Å². The van der Waals surface area contributed by atoms with Crippen LogP contribution in [-0.4, -0.2) is 29.6 Å². The van der Waals surface area contributed by atoms with Gasteiger partial charge in [-0.05, 0) is 6.42 Å². The Morgan fingerprint density at radius 2 is 1.57 bits per heavy atom. The van der Waals surface area contributed by atoms with Gasteiger partial charge in [0.2, 0.25) is 0 Å². The molecule has 1 rings (SSSR count). The standard InChI is InChI=1S/C5H5F6N2O/c6-4(7,8)2-1-3(5(9,10)11)13(14)12-2/h2-3,12H,1H2/q-1. The van der Waals surface area contributed by atoms with Crippen LogP contribution >= 0.6 is 0 Å². The first-order valence-electron chi connectivity index (χ1n) is 3.48. The van der Waals surface area contributed by atoms with Crippen LogP contribution in [0, 0.1) is 5.21 Å². The number of hydrogen-bond donors (Lipinski definition) is 1. The van der Waals surface area contributed by atoms with Crippen molar-refractivity contribution in [1.82, 2.24) is 10.6 Å². The lowest BCUT2D eigenvalue weighted by Gasteiger charge is -2.30. The zero-order valence-electron chi connectivity index (χ0n) is 6.49. The van der Waals surface area contributed by atoms with Crippen molar-refractivity contribution in [3.05, 3.63) is 5.21 Å². The number of hydrazine groups is 1. The maximum absolute atomic E-state index is 11.9. The average Bonchev–Trinajstić information content (AvgIpc) is 2.27. The zero-order chi connectivity index (χ0) is 11.1. The fourth-order valence-electron chi connectivity index (χ4n) is 1.09. The third-order valence-corrected chi connectivity index (χ3v) is 1.80. The fourth-order valence-corrected chi connectivity index (χ4v) is 1.09. The topological polar surface area (TPSA) is 38.3 Å². The largest absolute Gasteiger partial charge is 0.771 e. The highest BCUT2D eigenvalue weighted by Crippen LogP contribution is 2.35. The lowest BCUT2D eigenvalue weighted by molar-refractivity contribution is -0.174. The van der Waals surface area contributed by atoms with E-state index in [9.17, 15) is 31.5 Å². The van der Waals surface area contributed by atoms with Gasteiger partial charge >= 0.3 is 12.4 Å². The Kier molecular flexibility index (Phi) is 2.67. The van der Waals surface area contributed by atoms with Gasteiger partial charge < -0.3 is 10.4 Å². The molecule has 1 N–H and O–H groups in total. The van der Waals surface area contributed by atoms with Gasteiger partial charge in [0.15, 0.2) is 0 Å². The molecule has 0 aliphatic carbocycles. The molecular weight excluding hydrogens is 218 g/mol. The second kappa shape index (κ2) is 3.24. The van der Waals surface area contributed by atoms with Gasteiger partial charge in [-0.1, -0.05) is 0 Å². The van der Waals surface area contributed by atoms with Crippen molar-refractivity contribution in [2.24, 2.45) is 0 Å². The highest BCUT2D eigenvalue weighted by Gasteiger charge is 2.53. The maximum atomic E-state index is 11.9. The lowest BCUT2D eigenvalue weighted by Crippen LogP contribution is -2.44. The predicted octanol–water partition coefficient (Wildman–Crippen LogP) is 1.56. The van der Waals surface area contributed by atoms with Crippen molar-refractivity contribution in [2.75, 3.05) is 0 Å². The molecule has 1 aliphatic rings. The summed E-state index contributed by atoms with van der Waals surface area (Å²) in [5.74, 6) is 0. The van der Waals surface area contributed by atoms with Crippen LogP contribution in [0.15, 0.2) is 0 Å². The monoisotopic (exact) mass is 223 g/mol. The summed E-state index contributed by atoms with van der Waals surface area (Å²) < 4.78 is 71.5. The number of rotatable bonds is 0. The summed E-state index contributed by atoms with van der Waals surface area (Å²) in [7, 11) is 0. The first-order chi connectivity index (χ1) is 6.12. The van der Waals surface area contributed by atoms with Crippen LogP contribution in [0.5, 0.6) is 0 Å². The summed E-state index contributed by atoms with van der Waals surface area (Å²) in [5.41, 5.74) is 1.18. The van der Waals surface area contributed by atoms with Crippen LogP contribution in [0.1, 0.15) is 6.42 Å². The van der Waals surface area contributed by atoms with Crippen molar-refractivity contribution >= 4 is 0 Å². The summed E-state index contributed by atoms with van der Waals surface area (Å²) in [5, 5.41) is 9.67. The van der Waals surface area contributed by atoms with E-state index in [0.717, 1.165) is 0 Å². The van der Waals surface area contributed by atoms with Gasteiger partial charge in [0, 0.05) is 0 Å². The number of hydrogen-bond acceptors (Lipinski definition) is 3. The van der Waals surface area contributed by atoms with Gasteiger partial charge in [-0.2, -0.15) is 26.3 Å². The van der Waals surface area contributed by atoms with E-state index in [0.29, 0.717) is 0 Å². The summed E-state index contributed by atoms with van der Waals surface area (Å²) >= 11 is 0. The number of hydroxylamine groups is 1. The van der Waals surface area contributed by atoms with E-state index in [1.165, 1.54) is 5.43 Å². The molecule has 0 bridgehead atoms. The van der Waals surface area contributed by atoms with Crippen molar-refractivity contribution < 1.29 is 26.3 Å². The fraction of sp³-hybridized carbons (Fsp3) is 1.00. The third-order valence-electron chi connectivity index (χ3n) is 1.80. The Labute approximate surface area is 74.2 Å². The van der Waals surface area contributed by atoms with E-state index in [2.05, 4.69) is 0 Å². The molecule has 0 aromatic rings. The summed E-state index contributed by atoms with van der Waals surface area (Å²) in [6.45, 7) is 0. The van der Waals surface area contributed by atoms with Crippen LogP contribution < -0.4 is 5.43 Å². The van der Waals surface area contributed by atoms with E-state index in [1.54, 1.807) is 0 Å². The molecule has 0 aromatic carbocycles. The number of alkyl halides is 6. The molecule has 1 saturated heterocycles. The zero-order valence-corrected chi connectivity index (χ0v) is 6.49. The predicted molar refractivity (Wildman–Crippen MR) is 32.6 cm³/mol. The van der Waals surface area contributed by atoms with Crippen LogP contribution in [-0.2, 0) is 0 Å². The molecule has 0 amide bonds. The summed E-state index contributed by atoms with van der Waals surface area (Å²) in [4.78, 5) is 0. The quantitative estimate of drug-likeness (QED) is 0.633. The molecule has 3 nitrogen and oxygen atoms in total. The van der Waals surface area contributed by atoms with Gasteiger partial charge in [-0.3, -0.25) is 5.43 Å². The molecule has 0 spiro atoms. The number of nitrogens with zero attached hydrogens (tertiary/aromatic N) is 1. The van der Waals surface area contributed by atoms with Gasteiger partial charge in [0.1, 0.15) is 12.1 Å². The highest BCUT2D eigenvalue weighted by atomic mass is 19.4. The second-order valence-corrected chi connectivity index (χ2v) is 2.84. The smallest absolute Gasteiger partial charge is 0.405 e. The molecule has 1 heterocycles. The molecule has 14 heavy (non-hydrogen) atoms. The minimum absolute atomic E-state index is 0.793. The number of nitrogens with one attached hydrogen (secondary N) is 1. The maximum Gasteiger partial charge on any atom is 0.405 e. The van der Waals surface area contributed by atoms with Crippen molar-refractivity contribution in [3.63, 3.8) is 0 Å². The summed E-state index contributed by atoms with van der Waals surface area (Å²) in [6.07, 6.45) is -11.1. The van der Waals surface area contributed by atoms with E-state index in [1.807, 2.05) is 0 Å². The molecule has 9 heteroatoms. The molecule has 2 atom stereocenters. The molecule has 0 radical (unpaired) electrons.